The van der Waals surface area contributed by atoms with E-state index < -0.39 is 0 Å². The van der Waals surface area contributed by atoms with Crippen LogP contribution in [0.4, 0.5) is 5.69 Å². The molecule has 5 rings (SSSR count). The number of aromatic amines is 1. The lowest BCUT2D eigenvalue weighted by atomic mass is 10.1. The van der Waals surface area contributed by atoms with Crippen molar-refractivity contribution < 1.29 is 4.79 Å². The Labute approximate surface area is 162 Å². The number of H-pyrrole nitrogens is 1. The van der Waals surface area contributed by atoms with Gasteiger partial charge in [0, 0.05) is 33.7 Å². The number of fused-ring (bicyclic) bond motifs is 4. The second kappa shape index (κ2) is 6.23. The van der Waals surface area contributed by atoms with Crippen molar-refractivity contribution in [2.24, 2.45) is 0 Å². The molecule has 0 radical (unpaired) electrons. The summed E-state index contributed by atoms with van der Waals surface area (Å²) >= 11 is 0. The summed E-state index contributed by atoms with van der Waals surface area (Å²) in [6.07, 6.45) is 2.83. The van der Waals surface area contributed by atoms with Crippen LogP contribution in [0.2, 0.25) is 0 Å². The number of carbonyl (C=O) groups is 1. The lowest BCUT2D eigenvalue weighted by molar-refractivity contribution is 0.102. The number of para-hydroxylation sites is 1. The van der Waals surface area contributed by atoms with E-state index in [0.717, 1.165) is 28.7 Å². The van der Waals surface area contributed by atoms with Crippen LogP contribution in [0.15, 0.2) is 60.8 Å². The van der Waals surface area contributed by atoms with Crippen LogP contribution in [0.25, 0.3) is 27.5 Å². The van der Waals surface area contributed by atoms with Gasteiger partial charge in [-0.2, -0.15) is 0 Å². The molecule has 0 fully saturated rings. The van der Waals surface area contributed by atoms with Crippen molar-refractivity contribution in [3.05, 3.63) is 77.7 Å². The van der Waals surface area contributed by atoms with E-state index in [1.807, 2.05) is 47.9 Å². The van der Waals surface area contributed by atoms with E-state index in [2.05, 4.69) is 46.5 Å². The quantitative estimate of drug-likeness (QED) is 0.466. The number of aryl methyl sites for hydroxylation is 2. The number of imidazole rings is 1. The van der Waals surface area contributed by atoms with E-state index in [1.54, 1.807) is 0 Å². The minimum Gasteiger partial charge on any atom is -0.354 e. The van der Waals surface area contributed by atoms with Crippen molar-refractivity contribution in [3.8, 4) is 0 Å². The van der Waals surface area contributed by atoms with Crippen molar-refractivity contribution in [2.45, 2.75) is 20.3 Å². The van der Waals surface area contributed by atoms with Crippen LogP contribution >= 0.6 is 0 Å². The average molecular weight is 368 g/mol. The number of rotatable bonds is 3. The number of benzene rings is 2. The smallest absolute Gasteiger partial charge is 0.274 e. The summed E-state index contributed by atoms with van der Waals surface area (Å²) in [6, 6.07) is 18.1. The average Bonchev–Trinajstić information content (AvgIpc) is 3.23. The molecule has 5 aromatic rings. The maximum Gasteiger partial charge on any atom is 0.274 e. The Hall–Kier alpha value is -3.60. The zero-order chi connectivity index (χ0) is 19.3. The Morgan fingerprint density at radius 3 is 2.86 bits per heavy atom. The van der Waals surface area contributed by atoms with Gasteiger partial charge in [0.25, 0.3) is 5.91 Å². The highest BCUT2D eigenvalue weighted by molar-refractivity contribution is 6.10. The molecule has 0 bridgehead atoms. The number of pyridine rings is 1. The molecule has 3 heterocycles. The van der Waals surface area contributed by atoms with Gasteiger partial charge in [0.05, 0.1) is 5.69 Å². The lowest BCUT2D eigenvalue weighted by Gasteiger charge is -2.06. The van der Waals surface area contributed by atoms with Gasteiger partial charge in [-0.15, -0.1) is 0 Å². The van der Waals surface area contributed by atoms with Crippen molar-refractivity contribution in [2.75, 3.05) is 5.32 Å². The molecular weight excluding hydrogens is 348 g/mol. The van der Waals surface area contributed by atoms with Gasteiger partial charge in [-0.3, -0.25) is 9.20 Å². The minimum absolute atomic E-state index is 0.166. The summed E-state index contributed by atoms with van der Waals surface area (Å²) in [4.78, 5) is 20.9. The van der Waals surface area contributed by atoms with Crippen molar-refractivity contribution in [3.63, 3.8) is 0 Å². The molecule has 3 aromatic heterocycles. The summed E-state index contributed by atoms with van der Waals surface area (Å²) in [5.74, 6) is -0.166. The highest BCUT2D eigenvalue weighted by Crippen LogP contribution is 2.30. The van der Waals surface area contributed by atoms with Gasteiger partial charge in [-0.05, 0) is 43.2 Å². The van der Waals surface area contributed by atoms with Crippen LogP contribution in [0, 0.1) is 6.92 Å². The zero-order valence-electron chi connectivity index (χ0n) is 15.8. The SMILES string of the molecule is CCc1cccc2c1[nH]c1cc(NC(=O)c3c(C)nc4ccccn34)ccc12. The van der Waals surface area contributed by atoms with Crippen LogP contribution in [-0.2, 0) is 6.42 Å². The van der Waals surface area contributed by atoms with Crippen molar-refractivity contribution in [1.29, 1.82) is 0 Å². The highest BCUT2D eigenvalue weighted by Gasteiger charge is 2.17. The monoisotopic (exact) mass is 368 g/mol. The Kier molecular flexibility index (Phi) is 3.69. The topological polar surface area (TPSA) is 62.2 Å². The molecule has 0 saturated carbocycles. The number of amides is 1. The van der Waals surface area contributed by atoms with E-state index in [-0.39, 0.29) is 5.91 Å². The van der Waals surface area contributed by atoms with Crippen molar-refractivity contribution in [1.82, 2.24) is 14.4 Å². The zero-order valence-corrected chi connectivity index (χ0v) is 15.8. The third-order valence-electron chi connectivity index (χ3n) is 5.28. The number of anilines is 1. The first-order chi connectivity index (χ1) is 13.7. The second-order valence-corrected chi connectivity index (χ2v) is 7.01. The van der Waals surface area contributed by atoms with Gasteiger partial charge >= 0.3 is 0 Å². The summed E-state index contributed by atoms with van der Waals surface area (Å²) < 4.78 is 1.82. The van der Waals surface area contributed by atoms with Crippen LogP contribution in [0.1, 0.15) is 28.7 Å². The molecule has 0 aliphatic heterocycles. The molecule has 1 amide bonds. The molecule has 0 aliphatic carbocycles. The molecule has 2 N–H and O–H groups in total. The molecule has 0 unspecified atom stereocenters. The Balaban J connectivity index is 1.55. The first-order valence-corrected chi connectivity index (χ1v) is 9.44. The fourth-order valence-corrected chi connectivity index (χ4v) is 3.94. The van der Waals surface area contributed by atoms with Crippen LogP contribution in [0.5, 0.6) is 0 Å². The third kappa shape index (κ3) is 2.47. The molecule has 2 aromatic carbocycles. The number of aromatic nitrogens is 3. The first kappa shape index (κ1) is 16.6. The molecule has 5 nitrogen and oxygen atoms in total. The van der Waals surface area contributed by atoms with Gasteiger partial charge in [0.1, 0.15) is 11.3 Å². The van der Waals surface area contributed by atoms with Gasteiger partial charge in [-0.25, -0.2) is 4.98 Å². The molecule has 0 spiro atoms. The third-order valence-corrected chi connectivity index (χ3v) is 5.28. The van der Waals surface area contributed by atoms with E-state index in [9.17, 15) is 4.79 Å². The normalized spacial score (nSPS) is 11.5. The summed E-state index contributed by atoms with van der Waals surface area (Å²) in [5, 5.41) is 5.40. The van der Waals surface area contributed by atoms with Gasteiger partial charge in [0.2, 0.25) is 0 Å². The Morgan fingerprint density at radius 2 is 2.00 bits per heavy atom. The predicted molar refractivity (Wildman–Crippen MR) is 113 cm³/mol. The molecule has 5 heteroatoms. The maximum absolute atomic E-state index is 12.9. The number of nitrogens with one attached hydrogen (secondary N) is 2. The van der Waals surface area contributed by atoms with Crippen LogP contribution in [-0.4, -0.2) is 20.3 Å². The maximum atomic E-state index is 12.9. The van der Waals surface area contributed by atoms with E-state index in [0.29, 0.717) is 11.4 Å². The number of carbonyl (C=O) groups excluding carboxylic acids is 1. The molecule has 0 aliphatic rings. The number of hydrogen-bond acceptors (Lipinski definition) is 2. The number of nitrogens with zero attached hydrogens (tertiary/aromatic N) is 2. The lowest BCUT2D eigenvalue weighted by Crippen LogP contribution is -2.15. The molecular formula is C23H20N4O. The van der Waals surface area contributed by atoms with E-state index in [4.69, 9.17) is 0 Å². The molecule has 0 atom stereocenters. The fourth-order valence-electron chi connectivity index (χ4n) is 3.94. The Bertz CT molecular complexity index is 1360. The minimum atomic E-state index is -0.166. The van der Waals surface area contributed by atoms with Crippen LogP contribution < -0.4 is 5.32 Å². The van der Waals surface area contributed by atoms with Crippen LogP contribution in [0.3, 0.4) is 0 Å². The Morgan fingerprint density at radius 1 is 1.11 bits per heavy atom. The molecule has 0 saturated heterocycles. The summed E-state index contributed by atoms with van der Waals surface area (Å²) in [5.41, 5.74) is 6.27. The second-order valence-electron chi connectivity index (χ2n) is 7.01. The standard InChI is InChI=1S/C23H20N4O/c1-3-15-7-6-8-18-17-11-10-16(13-19(17)26-21(15)18)25-23(28)22-14(2)24-20-9-4-5-12-27(20)22/h4-13,26H,3H2,1-2H3,(H,25,28). The highest BCUT2D eigenvalue weighted by atomic mass is 16.2. The van der Waals surface area contributed by atoms with Gasteiger partial charge < -0.3 is 10.3 Å². The largest absolute Gasteiger partial charge is 0.354 e. The predicted octanol–water partition coefficient (Wildman–Crippen LogP) is 5.09. The van der Waals surface area contributed by atoms with Gasteiger partial charge in [0.15, 0.2) is 0 Å². The number of hydrogen-bond donors (Lipinski definition) is 2. The van der Waals surface area contributed by atoms with Crippen molar-refractivity contribution >= 4 is 39.0 Å². The van der Waals surface area contributed by atoms with Gasteiger partial charge in [-0.1, -0.05) is 37.3 Å². The molecule has 28 heavy (non-hydrogen) atoms. The van der Waals surface area contributed by atoms with E-state index in [1.165, 1.54) is 16.5 Å². The fraction of sp³-hybridized carbons (Fsp3) is 0.130. The first-order valence-electron chi connectivity index (χ1n) is 9.44. The van der Waals surface area contributed by atoms with E-state index >= 15 is 0 Å². The molecule has 138 valence electrons. The summed E-state index contributed by atoms with van der Waals surface area (Å²) in [7, 11) is 0. The summed E-state index contributed by atoms with van der Waals surface area (Å²) in [6.45, 7) is 4.01.